The minimum Gasteiger partial charge on any atom is -0.349 e. The van der Waals surface area contributed by atoms with Crippen LogP contribution in [0.2, 0.25) is 0 Å². The number of carbonyl (C=O) groups is 1. The van der Waals surface area contributed by atoms with Gasteiger partial charge in [-0.3, -0.25) is 4.79 Å². The third-order valence-corrected chi connectivity index (χ3v) is 7.23. The molecule has 28 heavy (non-hydrogen) atoms. The molecule has 0 aromatic heterocycles. The number of nitrogens with zero attached hydrogens (tertiary/aromatic N) is 1. The van der Waals surface area contributed by atoms with Gasteiger partial charge in [-0.15, -0.1) is 0 Å². The molecule has 1 saturated heterocycles. The van der Waals surface area contributed by atoms with Crippen LogP contribution in [0.15, 0.2) is 53.4 Å². The molecule has 6 heteroatoms. The summed E-state index contributed by atoms with van der Waals surface area (Å²) in [7, 11) is -3.58. The molecule has 1 N–H and O–H groups in total. The van der Waals surface area contributed by atoms with Gasteiger partial charge >= 0.3 is 0 Å². The Bertz CT molecular complexity index is 921. The Labute approximate surface area is 167 Å². The normalized spacial score (nSPS) is 19.2. The number of sulfonamides is 1. The minimum atomic E-state index is -3.58. The van der Waals surface area contributed by atoms with E-state index in [1.165, 1.54) is 9.87 Å². The van der Waals surface area contributed by atoms with Crippen molar-refractivity contribution in [1.82, 2.24) is 9.62 Å². The van der Waals surface area contributed by atoms with E-state index in [2.05, 4.69) is 5.32 Å². The predicted octanol–water partition coefficient (Wildman–Crippen LogP) is 3.58. The number of amides is 1. The van der Waals surface area contributed by atoms with E-state index in [0.29, 0.717) is 19.4 Å². The Morgan fingerprint density at radius 1 is 1.04 bits per heavy atom. The van der Waals surface area contributed by atoms with Gasteiger partial charge in [-0.1, -0.05) is 47.5 Å². The molecule has 0 unspecified atom stereocenters. The summed E-state index contributed by atoms with van der Waals surface area (Å²) in [5.74, 6) is -0.418. The third kappa shape index (κ3) is 4.62. The fourth-order valence-corrected chi connectivity index (χ4v) is 5.03. The van der Waals surface area contributed by atoms with Gasteiger partial charge in [-0.2, -0.15) is 4.31 Å². The van der Waals surface area contributed by atoms with Crippen molar-refractivity contribution in [1.29, 1.82) is 0 Å². The maximum absolute atomic E-state index is 12.9. The summed E-state index contributed by atoms with van der Waals surface area (Å²) in [6.07, 6.45) is 1.38. The smallest absolute Gasteiger partial charge is 0.243 e. The van der Waals surface area contributed by atoms with Crippen LogP contribution in [0.5, 0.6) is 0 Å². The van der Waals surface area contributed by atoms with Gasteiger partial charge in [0.25, 0.3) is 0 Å². The minimum absolute atomic E-state index is 0.0862. The van der Waals surface area contributed by atoms with Crippen molar-refractivity contribution < 1.29 is 13.2 Å². The molecular weight excluding hydrogens is 372 g/mol. The van der Waals surface area contributed by atoms with Gasteiger partial charge in [0.2, 0.25) is 15.9 Å². The number of benzene rings is 2. The quantitative estimate of drug-likeness (QED) is 0.834. The van der Waals surface area contributed by atoms with Crippen LogP contribution in [0.4, 0.5) is 0 Å². The maximum atomic E-state index is 12.9. The lowest BCUT2D eigenvalue weighted by molar-refractivity contribution is -0.126. The Hall–Kier alpha value is -2.18. The molecule has 1 heterocycles. The first-order chi connectivity index (χ1) is 13.3. The molecule has 2 aromatic carbocycles. The van der Waals surface area contributed by atoms with E-state index in [-0.39, 0.29) is 29.3 Å². The first-order valence-corrected chi connectivity index (χ1v) is 11.1. The number of nitrogens with one attached hydrogen (secondary N) is 1. The summed E-state index contributed by atoms with van der Waals surface area (Å²) >= 11 is 0. The number of aryl methyl sites for hydroxylation is 2. The SMILES string of the molecule is Cc1ccc([C@@H](C)NC(=O)[C@H]2CCCN(S(=O)(=O)c3ccc(C)cc3)C2)cc1. The average molecular weight is 401 g/mol. The average Bonchev–Trinajstić information content (AvgIpc) is 2.69. The van der Waals surface area contributed by atoms with E-state index in [0.717, 1.165) is 11.1 Å². The van der Waals surface area contributed by atoms with Gasteiger partial charge in [0, 0.05) is 13.1 Å². The Kier molecular flexibility index (Phi) is 6.20. The lowest BCUT2D eigenvalue weighted by Crippen LogP contribution is -2.45. The van der Waals surface area contributed by atoms with Gasteiger partial charge in [0.05, 0.1) is 16.9 Å². The molecule has 0 spiro atoms. The Balaban J connectivity index is 1.67. The first kappa shape index (κ1) is 20.6. The maximum Gasteiger partial charge on any atom is 0.243 e. The van der Waals surface area contributed by atoms with Crippen LogP contribution in [0.1, 0.15) is 42.5 Å². The summed E-state index contributed by atoms with van der Waals surface area (Å²) in [4.78, 5) is 13.1. The van der Waals surface area contributed by atoms with Crippen molar-refractivity contribution in [2.75, 3.05) is 13.1 Å². The monoisotopic (exact) mass is 400 g/mol. The van der Waals surface area contributed by atoms with E-state index < -0.39 is 10.0 Å². The second kappa shape index (κ2) is 8.45. The zero-order valence-corrected chi connectivity index (χ0v) is 17.5. The summed E-state index contributed by atoms with van der Waals surface area (Å²) in [5.41, 5.74) is 3.23. The highest BCUT2D eigenvalue weighted by Crippen LogP contribution is 2.25. The van der Waals surface area contributed by atoms with Gasteiger partial charge in [0.1, 0.15) is 0 Å². The van der Waals surface area contributed by atoms with E-state index >= 15 is 0 Å². The molecule has 0 saturated carbocycles. The fraction of sp³-hybridized carbons (Fsp3) is 0.409. The zero-order valence-electron chi connectivity index (χ0n) is 16.7. The number of rotatable bonds is 5. The Morgan fingerprint density at radius 2 is 1.61 bits per heavy atom. The molecule has 0 aliphatic carbocycles. The molecule has 1 aliphatic heterocycles. The number of carbonyl (C=O) groups excluding carboxylic acids is 1. The van der Waals surface area contributed by atoms with Crippen LogP contribution in [-0.4, -0.2) is 31.7 Å². The lowest BCUT2D eigenvalue weighted by Gasteiger charge is -2.32. The molecule has 2 atom stereocenters. The van der Waals surface area contributed by atoms with Gasteiger partial charge in [0.15, 0.2) is 0 Å². The van der Waals surface area contributed by atoms with Gasteiger partial charge in [-0.05, 0) is 51.3 Å². The van der Waals surface area contributed by atoms with Gasteiger partial charge in [-0.25, -0.2) is 8.42 Å². The summed E-state index contributed by atoms with van der Waals surface area (Å²) in [5, 5.41) is 3.04. The van der Waals surface area contributed by atoms with Crippen molar-refractivity contribution >= 4 is 15.9 Å². The summed E-state index contributed by atoms with van der Waals surface area (Å²) < 4.78 is 27.3. The molecule has 5 nitrogen and oxygen atoms in total. The van der Waals surface area contributed by atoms with Crippen LogP contribution in [0.3, 0.4) is 0 Å². The molecule has 0 radical (unpaired) electrons. The van der Waals surface area contributed by atoms with Crippen molar-refractivity contribution in [2.45, 2.75) is 44.6 Å². The summed E-state index contributed by atoms with van der Waals surface area (Å²) in [6, 6.07) is 14.8. The molecule has 1 fully saturated rings. The van der Waals surface area contributed by atoms with Crippen molar-refractivity contribution in [3.05, 3.63) is 65.2 Å². The predicted molar refractivity (Wildman–Crippen MR) is 110 cm³/mol. The van der Waals surface area contributed by atoms with Crippen LogP contribution in [-0.2, 0) is 14.8 Å². The van der Waals surface area contributed by atoms with Crippen LogP contribution in [0, 0.1) is 19.8 Å². The molecule has 2 aromatic rings. The number of hydrogen-bond donors (Lipinski definition) is 1. The second-order valence-corrected chi connectivity index (χ2v) is 9.59. The molecule has 1 aliphatic rings. The lowest BCUT2D eigenvalue weighted by atomic mass is 9.97. The van der Waals surface area contributed by atoms with Crippen molar-refractivity contribution in [3.63, 3.8) is 0 Å². The van der Waals surface area contributed by atoms with E-state index in [1.54, 1.807) is 24.3 Å². The third-order valence-electron chi connectivity index (χ3n) is 5.35. The van der Waals surface area contributed by atoms with Crippen molar-refractivity contribution in [2.24, 2.45) is 5.92 Å². The molecule has 1 amide bonds. The standard InChI is InChI=1S/C22H28N2O3S/c1-16-6-10-19(11-7-16)18(3)23-22(25)20-5-4-14-24(15-20)28(26,27)21-12-8-17(2)9-13-21/h6-13,18,20H,4-5,14-15H2,1-3H3,(H,23,25)/t18-,20+/m1/s1. The highest BCUT2D eigenvalue weighted by molar-refractivity contribution is 7.89. The highest BCUT2D eigenvalue weighted by atomic mass is 32.2. The fourth-order valence-electron chi connectivity index (χ4n) is 3.50. The van der Waals surface area contributed by atoms with E-state index in [9.17, 15) is 13.2 Å². The Morgan fingerprint density at radius 3 is 2.21 bits per heavy atom. The van der Waals surface area contributed by atoms with Crippen LogP contribution < -0.4 is 5.32 Å². The molecule has 3 rings (SSSR count). The highest BCUT2D eigenvalue weighted by Gasteiger charge is 2.33. The molecular formula is C22H28N2O3S. The van der Waals surface area contributed by atoms with E-state index in [1.807, 2.05) is 45.0 Å². The van der Waals surface area contributed by atoms with Gasteiger partial charge < -0.3 is 5.32 Å². The van der Waals surface area contributed by atoms with Crippen molar-refractivity contribution in [3.8, 4) is 0 Å². The van der Waals surface area contributed by atoms with Crippen LogP contribution in [0.25, 0.3) is 0 Å². The largest absolute Gasteiger partial charge is 0.349 e. The summed E-state index contributed by atoms with van der Waals surface area (Å²) in [6.45, 7) is 6.58. The van der Waals surface area contributed by atoms with E-state index in [4.69, 9.17) is 0 Å². The van der Waals surface area contributed by atoms with Crippen LogP contribution >= 0.6 is 0 Å². The zero-order chi connectivity index (χ0) is 20.3. The second-order valence-electron chi connectivity index (χ2n) is 7.66. The molecule has 0 bridgehead atoms. The molecule has 150 valence electrons. The topological polar surface area (TPSA) is 66.5 Å². The first-order valence-electron chi connectivity index (χ1n) is 9.71. The number of hydrogen-bond acceptors (Lipinski definition) is 3. The number of piperidine rings is 1.